The molecule has 1 amide bonds. The molecule has 168 valence electrons. The second-order valence-corrected chi connectivity index (χ2v) is 9.00. The number of methoxy groups -OCH3 is 2. The molecule has 3 rings (SSSR count). The van der Waals surface area contributed by atoms with Crippen LogP contribution in [-0.2, 0) is 27.9 Å². The monoisotopic (exact) mass is 454 g/mol. The number of ether oxygens (including phenoxy) is 2. The van der Waals surface area contributed by atoms with Gasteiger partial charge >= 0.3 is 0 Å². The minimum absolute atomic E-state index is 0.0746. The van der Waals surface area contributed by atoms with Gasteiger partial charge in [0.15, 0.2) is 0 Å². The van der Waals surface area contributed by atoms with Crippen LogP contribution in [0.4, 0.5) is 0 Å². The summed E-state index contributed by atoms with van der Waals surface area (Å²) in [5.74, 6) is 0.879. The van der Waals surface area contributed by atoms with E-state index in [1.807, 2.05) is 42.5 Å². The van der Waals surface area contributed by atoms with Gasteiger partial charge in [-0.05, 0) is 47.5 Å². The summed E-state index contributed by atoms with van der Waals surface area (Å²) < 4.78 is 38.0. The predicted octanol–water partition coefficient (Wildman–Crippen LogP) is 3.21. The number of carbonyl (C=O) groups is 1. The first-order valence-electron chi connectivity index (χ1n) is 10.00. The number of amides is 1. The van der Waals surface area contributed by atoms with Gasteiger partial charge in [-0.25, -0.2) is 8.42 Å². The van der Waals surface area contributed by atoms with Crippen LogP contribution in [0, 0.1) is 0 Å². The largest absolute Gasteiger partial charge is 0.497 e. The van der Waals surface area contributed by atoms with Crippen LogP contribution in [0.15, 0.2) is 83.8 Å². The summed E-state index contributed by atoms with van der Waals surface area (Å²) in [6.45, 7) is 0.0508. The van der Waals surface area contributed by atoms with Crippen molar-refractivity contribution in [2.45, 2.75) is 18.0 Å². The molecule has 32 heavy (non-hydrogen) atoms. The maximum atomic E-state index is 13.3. The van der Waals surface area contributed by atoms with Crippen molar-refractivity contribution in [1.82, 2.24) is 9.62 Å². The number of benzene rings is 3. The molecule has 3 aromatic carbocycles. The second kappa shape index (κ2) is 10.8. The summed E-state index contributed by atoms with van der Waals surface area (Å²) in [4.78, 5) is 12.8. The quantitative estimate of drug-likeness (QED) is 0.509. The number of nitrogens with one attached hydrogen (secondary N) is 1. The lowest BCUT2D eigenvalue weighted by Gasteiger charge is -2.22. The van der Waals surface area contributed by atoms with E-state index in [9.17, 15) is 13.2 Å². The topological polar surface area (TPSA) is 84.9 Å². The molecule has 0 saturated heterocycles. The average Bonchev–Trinajstić information content (AvgIpc) is 2.83. The number of nitrogens with zero attached hydrogens (tertiary/aromatic N) is 1. The molecule has 0 bridgehead atoms. The molecule has 0 aliphatic heterocycles. The predicted molar refractivity (Wildman–Crippen MR) is 122 cm³/mol. The van der Waals surface area contributed by atoms with Crippen molar-refractivity contribution in [3.63, 3.8) is 0 Å². The molecule has 1 N–H and O–H groups in total. The number of hydrogen-bond donors (Lipinski definition) is 1. The molecule has 8 heteroatoms. The van der Waals surface area contributed by atoms with E-state index in [2.05, 4.69) is 5.32 Å². The summed E-state index contributed by atoms with van der Waals surface area (Å²) in [6.07, 6.45) is 0. The molecule has 7 nitrogen and oxygen atoms in total. The average molecular weight is 455 g/mol. The fraction of sp³-hybridized carbons (Fsp3) is 0.208. The highest BCUT2D eigenvalue weighted by atomic mass is 32.2. The maximum Gasteiger partial charge on any atom is 0.243 e. The number of sulfonamides is 1. The Bertz CT molecular complexity index is 1120. The van der Waals surface area contributed by atoms with Gasteiger partial charge in [0.1, 0.15) is 11.5 Å². The van der Waals surface area contributed by atoms with Gasteiger partial charge in [0.2, 0.25) is 15.9 Å². The zero-order chi connectivity index (χ0) is 23.0. The van der Waals surface area contributed by atoms with Gasteiger partial charge in [-0.1, -0.05) is 42.5 Å². The Kier molecular flexibility index (Phi) is 7.86. The van der Waals surface area contributed by atoms with Gasteiger partial charge < -0.3 is 14.8 Å². The maximum absolute atomic E-state index is 13.3. The number of hydrogen-bond acceptors (Lipinski definition) is 5. The molecule has 0 aromatic heterocycles. The minimum Gasteiger partial charge on any atom is -0.497 e. The Morgan fingerprint density at radius 2 is 1.38 bits per heavy atom. The van der Waals surface area contributed by atoms with Crippen molar-refractivity contribution >= 4 is 15.9 Å². The number of rotatable bonds is 10. The van der Waals surface area contributed by atoms with Crippen LogP contribution in [0.25, 0.3) is 0 Å². The van der Waals surface area contributed by atoms with Crippen molar-refractivity contribution in [3.8, 4) is 11.5 Å². The van der Waals surface area contributed by atoms with Crippen LogP contribution < -0.4 is 14.8 Å². The molecule has 0 aliphatic rings. The van der Waals surface area contributed by atoms with Crippen molar-refractivity contribution in [2.24, 2.45) is 0 Å². The van der Waals surface area contributed by atoms with E-state index in [0.29, 0.717) is 5.75 Å². The lowest BCUT2D eigenvalue weighted by atomic mass is 10.2. The minimum atomic E-state index is -3.91. The first-order valence-corrected chi connectivity index (χ1v) is 11.4. The van der Waals surface area contributed by atoms with Gasteiger partial charge in [-0.15, -0.1) is 0 Å². The Balaban J connectivity index is 1.76. The van der Waals surface area contributed by atoms with Crippen molar-refractivity contribution < 1.29 is 22.7 Å². The SMILES string of the molecule is COc1ccc(CNC(=O)CN(Cc2ccccc2)S(=O)(=O)c2ccc(OC)cc2)cc1. The van der Waals surface area contributed by atoms with Gasteiger partial charge in [0.05, 0.1) is 25.7 Å². The van der Waals surface area contributed by atoms with Crippen molar-refractivity contribution in [1.29, 1.82) is 0 Å². The summed E-state index contributed by atoms with van der Waals surface area (Å²) in [7, 11) is -0.814. The Labute approximate surface area is 188 Å². The van der Waals surface area contributed by atoms with Crippen LogP contribution in [-0.4, -0.2) is 39.4 Å². The third-order valence-corrected chi connectivity index (χ3v) is 6.67. The van der Waals surface area contributed by atoms with E-state index in [4.69, 9.17) is 9.47 Å². The first kappa shape index (κ1) is 23.3. The molecule has 0 atom stereocenters. The van der Waals surface area contributed by atoms with Crippen LogP contribution in [0.1, 0.15) is 11.1 Å². The fourth-order valence-corrected chi connectivity index (χ4v) is 4.45. The Hall–Kier alpha value is -3.36. The molecule has 0 spiro atoms. The molecule has 0 unspecified atom stereocenters. The van der Waals surface area contributed by atoms with E-state index in [-0.39, 0.29) is 24.5 Å². The standard InChI is InChI=1S/C24H26N2O5S/c1-30-21-10-8-19(9-11-21)16-25-24(27)18-26(17-20-6-4-3-5-7-20)32(28,29)23-14-12-22(31-2)13-15-23/h3-15H,16-18H2,1-2H3,(H,25,27). The van der Waals surface area contributed by atoms with Gasteiger partial charge in [0.25, 0.3) is 0 Å². The lowest BCUT2D eigenvalue weighted by molar-refractivity contribution is -0.121. The first-order chi connectivity index (χ1) is 15.4. The summed E-state index contributed by atoms with van der Waals surface area (Å²) in [5, 5.41) is 2.79. The van der Waals surface area contributed by atoms with E-state index in [1.165, 1.54) is 23.5 Å². The van der Waals surface area contributed by atoms with E-state index >= 15 is 0 Å². The Morgan fingerprint density at radius 1 is 0.812 bits per heavy atom. The molecule has 0 heterocycles. The molecule has 0 aliphatic carbocycles. The zero-order valence-electron chi connectivity index (χ0n) is 18.0. The van der Waals surface area contributed by atoms with Gasteiger partial charge in [-0.2, -0.15) is 4.31 Å². The van der Waals surface area contributed by atoms with E-state index < -0.39 is 15.9 Å². The second-order valence-electron chi connectivity index (χ2n) is 7.06. The molecule has 0 fully saturated rings. The number of carbonyl (C=O) groups excluding carboxylic acids is 1. The van der Waals surface area contributed by atoms with Crippen molar-refractivity contribution in [2.75, 3.05) is 20.8 Å². The summed E-state index contributed by atoms with van der Waals surface area (Å²) >= 11 is 0. The summed E-state index contributed by atoms with van der Waals surface area (Å²) in [6, 6.07) is 22.6. The van der Waals surface area contributed by atoms with E-state index in [1.54, 1.807) is 31.4 Å². The lowest BCUT2D eigenvalue weighted by Crippen LogP contribution is -2.40. The fourth-order valence-electron chi connectivity index (χ4n) is 3.07. The molecule has 0 saturated carbocycles. The zero-order valence-corrected chi connectivity index (χ0v) is 18.8. The van der Waals surface area contributed by atoms with Gasteiger partial charge in [-0.3, -0.25) is 4.79 Å². The van der Waals surface area contributed by atoms with Gasteiger partial charge in [0, 0.05) is 13.1 Å². The highest BCUT2D eigenvalue weighted by molar-refractivity contribution is 7.89. The van der Waals surface area contributed by atoms with E-state index in [0.717, 1.165) is 16.9 Å². The normalized spacial score (nSPS) is 11.2. The van der Waals surface area contributed by atoms with Crippen LogP contribution in [0.3, 0.4) is 0 Å². The summed E-state index contributed by atoms with van der Waals surface area (Å²) in [5.41, 5.74) is 1.67. The third-order valence-electron chi connectivity index (χ3n) is 4.87. The van der Waals surface area contributed by atoms with Crippen LogP contribution >= 0.6 is 0 Å². The molecule has 3 aromatic rings. The molecular formula is C24H26N2O5S. The smallest absolute Gasteiger partial charge is 0.243 e. The van der Waals surface area contributed by atoms with Crippen molar-refractivity contribution in [3.05, 3.63) is 90.0 Å². The highest BCUT2D eigenvalue weighted by Gasteiger charge is 2.27. The highest BCUT2D eigenvalue weighted by Crippen LogP contribution is 2.21. The molecular weight excluding hydrogens is 428 g/mol. The van der Waals surface area contributed by atoms with Crippen LogP contribution in [0.2, 0.25) is 0 Å². The Morgan fingerprint density at radius 3 is 1.94 bits per heavy atom. The van der Waals surface area contributed by atoms with Crippen LogP contribution in [0.5, 0.6) is 11.5 Å². The molecule has 0 radical (unpaired) electrons. The third kappa shape index (κ3) is 6.09.